The summed E-state index contributed by atoms with van der Waals surface area (Å²) in [4.78, 5) is 0.482. The van der Waals surface area contributed by atoms with Gasteiger partial charge in [0.2, 0.25) is 10.0 Å². The van der Waals surface area contributed by atoms with Crippen LogP contribution in [0.3, 0.4) is 0 Å². The molecule has 0 aliphatic heterocycles. The fourth-order valence-electron chi connectivity index (χ4n) is 3.25. The second-order valence-electron chi connectivity index (χ2n) is 6.58. The number of nitrogens with zero attached hydrogens (tertiary/aromatic N) is 1. The van der Waals surface area contributed by atoms with Gasteiger partial charge in [0, 0.05) is 13.6 Å². The Morgan fingerprint density at radius 1 is 1.00 bits per heavy atom. The van der Waals surface area contributed by atoms with Crippen LogP contribution in [0.15, 0.2) is 47.4 Å². The Labute approximate surface area is 161 Å². The number of aryl methyl sites for hydroxylation is 1. The summed E-state index contributed by atoms with van der Waals surface area (Å²) in [6.45, 7) is 0.400. The molecule has 6 heteroatoms. The lowest BCUT2D eigenvalue weighted by atomic mass is 9.98. The second kappa shape index (κ2) is 8.15. The van der Waals surface area contributed by atoms with Crippen molar-refractivity contribution in [1.29, 1.82) is 0 Å². The molecule has 3 rings (SSSR count). The van der Waals surface area contributed by atoms with Crippen molar-refractivity contribution in [3.63, 3.8) is 0 Å². The van der Waals surface area contributed by atoms with Crippen LogP contribution in [0, 0.1) is 0 Å². The van der Waals surface area contributed by atoms with Crippen molar-refractivity contribution >= 4 is 16.1 Å². The van der Waals surface area contributed by atoms with E-state index < -0.39 is 10.0 Å². The third kappa shape index (κ3) is 4.17. The lowest BCUT2D eigenvalue weighted by molar-refractivity contribution is 0.354. The molecule has 0 aromatic heterocycles. The van der Waals surface area contributed by atoms with Crippen molar-refractivity contribution in [3.05, 3.63) is 64.1 Å². The monoisotopic (exact) mass is 387 g/mol. The number of sulfonamides is 1. The molecule has 2 aromatic rings. The van der Waals surface area contributed by atoms with Crippen LogP contribution in [0.1, 0.15) is 23.1 Å². The molecule has 2 aromatic carbocycles. The van der Waals surface area contributed by atoms with Crippen molar-refractivity contribution < 1.29 is 17.9 Å². The van der Waals surface area contributed by atoms with Gasteiger partial charge in [-0.1, -0.05) is 30.3 Å². The van der Waals surface area contributed by atoms with Crippen molar-refractivity contribution in [1.82, 2.24) is 4.31 Å². The van der Waals surface area contributed by atoms with E-state index in [0.717, 1.165) is 17.5 Å². The number of allylic oxidation sites excluding steroid dienone is 1. The van der Waals surface area contributed by atoms with E-state index in [4.69, 9.17) is 9.47 Å². The molecule has 5 nitrogen and oxygen atoms in total. The molecule has 0 fully saturated rings. The SMILES string of the molecule is COc1ccc(CCN(C)S(=O)(=O)C2=Cc3ccccc3CC2)cc1OC. The van der Waals surface area contributed by atoms with E-state index in [9.17, 15) is 8.42 Å². The summed E-state index contributed by atoms with van der Waals surface area (Å²) in [7, 11) is 1.35. The minimum absolute atomic E-state index is 0.400. The Balaban J connectivity index is 1.72. The summed E-state index contributed by atoms with van der Waals surface area (Å²) in [6.07, 6.45) is 3.70. The predicted octanol–water partition coefficient (Wildman–Crippen LogP) is 3.50. The quantitative estimate of drug-likeness (QED) is 0.730. The van der Waals surface area contributed by atoms with Gasteiger partial charge in [-0.05, 0) is 54.2 Å². The zero-order valence-electron chi connectivity index (χ0n) is 15.9. The van der Waals surface area contributed by atoms with E-state index in [-0.39, 0.29) is 0 Å². The van der Waals surface area contributed by atoms with Crippen molar-refractivity contribution in [2.75, 3.05) is 27.8 Å². The number of likely N-dealkylation sites (N-methyl/N-ethyl adjacent to an activating group) is 1. The average Bonchev–Trinajstić information content (AvgIpc) is 2.71. The van der Waals surface area contributed by atoms with E-state index in [1.807, 2.05) is 36.4 Å². The highest BCUT2D eigenvalue weighted by molar-refractivity contribution is 7.93. The highest BCUT2D eigenvalue weighted by Gasteiger charge is 2.25. The maximum absolute atomic E-state index is 13.0. The van der Waals surface area contributed by atoms with Gasteiger partial charge >= 0.3 is 0 Å². The summed E-state index contributed by atoms with van der Waals surface area (Å²) >= 11 is 0. The van der Waals surface area contributed by atoms with Crippen LogP contribution >= 0.6 is 0 Å². The van der Waals surface area contributed by atoms with Crippen molar-refractivity contribution in [2.45, 2.75) is 19.3 Å². The third-order valence-corrected chi connectivity index (χ3v) is 6.91. The molecule has 0 saturated carbocycles. The third-order valence-electron chi connectivity index (χ3n) is 4.92. The molecule has 0 amide bonds. The van der Waals surface area contributed by atoms with Crippen LogP contribution in [-0.2, 0) is 22.9 Å². The molecule has 1 aliphatic rings. The van der Waals surface area contributed by atoms with Crippen LogP contribution in [0.4, 0.5) is 0 Å². The summed E-state index contributed by atoms with van der Waals surface area (Å²) in [5.74, 6) is 1.31. The number of hydrogen-bond acceptors (Lipinski definition) is 4. The molecule has 0 atom stereocenters. The van der Waals surface area contributed by atoms with Gasteiger partial charge < -0.3 is 9.47 Å². The maximum Gasteiger partial charge on any atom is 0.238 e. The summed E-state index contributed by atoms with van der Waals surface area (Å²) < 4.78 is 37.9. The lowest BCUT2D eigenvalue weighted by Crippen LogP contribution is -2.30. The minimum atomic E-state index is -3.46. The Morgan fingerprint density at radius 2 is 1.74 bits per heavy atom. The first kappa shape index (κ1) is 19.5. The predicted molar refractivity (Wildman–Crippen MR) is 108 cm³/mol. The van der Waals surface area contributed by atoms with Gasteiger partial charge in [0.1, 0.15) is 0 Å². The highest BCUT2D eigenvalue weighted by Crippen LogP contribution is 2.30. The van der Waals surface area contributed by atoms with E-state index in [2.05, 4.69) is 6.07 Å². The first-order chi connectivity index (χ1) is 13.0. The van der Waals surface area contributed by atoms with E-state index in [1.165, 1.54) is 9.87 Å². The first-order valence-corrected chi connectivity index (χ1v) is 10.4. The van der Waals surface area contributed by atoms with Gasteiger partial charge in [-0.3, -0.25) is 0 Å². The molecule has 0 unspecified atom stereocenters. The zero-order chi connectivity index (χ0) is 19.4. The molecule has 1 aliphatic carbocycles. The molecule has 0 radical (unpaired) electrons. The highest BCUT2D eigenvalue weighted by atomic mass is 32.2. The van der Waals surface area contributed by atoms with Crippen LogP contribution in [0.2, 0.25) is 0 Å². The van der Waals surface area contributed by atoms with Gasteiger partial charge in [-0.15, -0.1) is 0 Å². The normalized spacial score (nSPS) is 13.9. The standard InChI is InChI=1S/C21H25NO4S/c1-22(13-12-16-8-11-20(25-2)21(14-16)26-3)27(23,24)19-10-9-17-6-4-5-7-18(17)15-19/h4-8,11,14-15H,9-10,12-13H2,1-3H3. The molecule has 27 heavy (non-hydrogen) atoms. The largest absolute Gasteiger partial charge is 0.493 e. The summed E-state index contributed by atoms with van der Waals surface area (Å²) in [5, 5.41) is 0. The number of rotatable bonds is 7. The molecule has 0 bridgehead atoms. The van der Waals surface area contributed by atoms with E-state index >= 15 is 0 Å². The maximum atomic E-state index is 13.0. The van der Waals surface area contributed by atoms with Crippen LogP contribution in [0.25, 0.3) is 6.08 Å². The van der Waals surface area contributed by atoms with Gasteiger partial charge in [0.15, 0.2) is 11.5 Å². The molecule has 144 valence electrons. The molecule has 0 N–H and O–H groups in total. The Hall–Kier alpha value is -2.31. The number of hydrogen-bond donors (Lipinski definition) is 0. The molecular weight excluding hydrogens is 362 g/mol. The topological polar surface area (TPSA) is 55.8 Å². The first-order valence-electron chi connectivity index (χ1n) is 8.91. The zero-order valence-corrected chi connectivity index (χ0v) is 16.8. The number of fused-ring (bicyclic) bond motifs is 1. The second-order valence-corrected chi connectivity index (χ2v) is 8.67. The van der Waals surface area contributed by atoms with Crippen LogP contribution in [0.5, 0.6) is 11.5 Å². The van der Waals surface area contributed by atoms with Crippen molar-refractivity contribution in [2.24, 2.45) is 0 Å². The van der Waals surface area contributed by atoms with Gasteiger partial charge in [-0.25, -0.2) is 12.7 Å². The van der Waals surface area contributed by atoms with E-state index in [1.54, 1.807) is 27.3 Å². The fraction of sp³-hybridized carbons (Fsp3) is 0.333. The van der Waals surface area contributed by atoms with Gasteiger partial charge in [0.05, 0.1) is 19.1 Å². The molecular formula is C21H25NO4S. The Morgan fingerprint density at radius 3 is 2.48 bits per heavy atom. The van der Waals surface area contributed by atoms with Gasteiger partial charge in [0.25, 0.3) is 0 Å². The van der Waals surface area contributed by atoms with Crippen LogP contribution in [-0.4, -0.2) is 40.5 Å². The molecule has 0 spiro atoms. The lowest BCUT2D eigenvalue weighted by Gasteiger charge is -2.22. The van der Waals surface area contributed by atoms with Gasteiger partial charge in [-0.2, -0.15) is 0 Å². The molecule has 0 heterocycles. The fourth-order valence-corrected chi connectivity index (χ4v) is 4.62. The Kier molecular flexibility index (Phi) is 5.87. The Bertz CT molecular complexity index is 950. The van der Waals surface area contributed by atoms with Crippen molar-refractivity contribution in [3.8, 4) is 11.5 Å². The number of benzene rings is 2. The molecule has 0 saturated heterocycles. The average molecular weight is 388 g/mol. The summed E-state index contributed by atoms with van der Waals surface area (Å²) in [5.41, 5.74) is 3.19. The van der Waals surface area contributed by atoms with Crippen LogP contribution < -0.4 is 9.47 Å². The smallest absolute Gasteiger partial charge is 0.238 e. The minimum Gasteiger partial charge on any atom is -0.493 e. The number of ether oxygens (including phenoxy) is 2. The van der Waals surface area contributed by atoms with E-state index in [0.29, 0.717) is 35.8 Å². The number of methoxy groups -OCH3 is 2. The summed E-state index contributed by atoms with van der Waals surface area (Å²) in [6, 6.07) is 13.6.